The molecule has 4 rings (SSSR count). The summed E-state index contributed by atoms with van der Waals surface area (Å²) in [7, 11) is 2.21. The SMILES string of the molecule is Cc1ccccc1[C@H]1[C@@H]2CN(C(=O)c3c(C)ncnc3C)C[C@@H]2CN1C. The molecule has 0 unspecified atom stereocenters. The molecule has 0 spiro atoms. The molecule has 2 aliphatic heterocycles. The van der Waals surface area contributed by atoms with Gasteiger partial charge in [-0.2, -0.15) is 0 Å². The number of aromatic nitrogens is 2. The molecule has 3 heterocycles. The lowest BCUT2D eigenvalue weighted by Gasteiger charge is -2.28. The van der Waals surface area contributed by atoms with Crippen LogP contribution in [0.3, 0.4) is 0 Å². The van der Waals surface area contributed by atoms with Crippen LogP contribution in [0.1, 0.15) is 38.9 Å². The maximum atomic E-state index is 13.1. The monoisotopic (exact) mass is 350 g/mol. The Hall–Kier alpha value is -2.27. The van der Waals surface area contributed by atoms with E-state index in [2.05, 4.69) is 53.1 Å². The van der Waals surface area contributed by atoms with E-state index in [0.717, 1.165) is 31.0 Å². The summed E-state index contributed by atoms with van der Waals surface area (Å²) in [6, 6.07) is 9.02. The number of carbonyl (C=O) groups is 1. The van der Waals surface area contributed by atoms with Gasteiger partial charge in [0, 0.05) is 31.6 Å². The van der Waals surface area contributed by atoms with Crippen molar-refractivity contribution in [1.29, 1.82) is 0 Å². The third kappa shape index (κ3) is 2.71. The number of hydrogen-bond donors (Lipinski definition) is 0. The van der Waals surface area contributed by atoms with E-state index in [1.807, 2.05) is 18.7 Å². The molecule has 0 aliphatic carbocycles. The van der Waals surface area contributed by atoms with Gasteiger partial charge in [0.25, 0.3) is 5.91 Å². The second-order valence-electron chi connectivity index (χ2n) is 7.79. The highest BCUT2D eigenvalue weighted by Gasteiger charge is 2.47. The third-order valence-electron chi connectivity index (χ3n) is 6.13. The zero-order chi connectivity index (χ0) is 18.4. The fourth-order valence-corrected chi connectivity index (χ4v) is 4.87. The quantitative estimate of drug-likeness (QED) is 0.836. The van der Waals surface area contributed by atoms with E-state index < -0.39 is 0 Å². The summed E-state index contributed by atoms with van der Waals surface area (Å²) in [6.45, 7) is 8.63. The average molecular weight is 350 g/mol. The van der Waals surface area contributed by atoms with Gasteiger partial charge in [-0.15, -0.1) is 0 Å². The number of carbonyl (C=O) groups excluding carboxylic acids is 1. The molecular formula is C21H26N4O. The Bertz CT molecular complexity index is 829. The van der Waals surface area contributed by atoms with E-state index in [0.29, 0.717) is 23.4 Å². The Morgan fingerprint density at radius 3 is 2.42 bits per heavy atom. The van der Waals surface area contributed by atoms with Gasteiger partial charge in [0.05, 0.1) is 17.0 Å². The normalized spacial score (nSPS) is 25.5. The highest BCUT2D eigenvalue weighted by Crippen LogP contribution is 2.45. The fraction of sp³-hybridized carbons (Fsp3) is 0.476. The standard InChI is InChI=1S/C21H26N4O/c1-13-7-5-6-8-17(13)20-18-11-25(10-16(18)9-24(20)4)21(26)19-14(2)22-12-23-15(19)3/h5-8,12,16,18,20H,9-11H2,1-4H3/t16-,18+,20-/m0/s1. The van der Waals surface area contributed by atoms with E-state index in [-0.39, 0.29) is 5.91 Å². The third-order valence-corrected chi connectivity index (χ3v) is 6.13. The summed E-state index contributed by atoms with van der Waals surface area (Å²) in [6.07, 6.45) is 1.53. The zero-order valence-corrected chi connectivity index (χ0v) is 15.9. The molecule has 136 valence electrons. The van der Waals surface area contributed by atoms with Crippen LogP contribution in [0.25, 0.3) is 0 Å². The fourth-order valence-electron chi connectivity index (χ4n) is 4.87. The first-order chi connectivity index (χ1) is 12.5. The molecule has 2 aliphatic rings. The van der Waals surface area contributed by atoms with Gasteiger partial charge in [-0.3, -0.25) is 9.69 Å². The van der Waals surface area contributed by atoms with Crippen molar-refractivity contribution in [2.45, 2.75) is 26.8 Å². The first kappa shape index (κ1) is 17.2. The molecule has 0 radical (unpaired) electrons. The summed E-state index contributed by atoms with van der Waals surface area (Å²) >= 11 is 0. The molecule has 5 nitrogen and oxygen atoms in total. The summed E-state index contributed by atoms with van der Waals surface area (Å²) in [5.74, 6) is 1.09. The molecule has 0 N–H and O–H groups in total. The Labute approximate surface area is 155 Å². The molecule has 0 bridgehead atoms. The van der Waals surface area contributed by atoms with Gasteiger partial charge in [-0.05, 0) is 44.9 Å². The zero-order valence-electron chi connectivity index (χ0n) is 15.9. The Kier molecular flexibility index (Phi) is 4.27. The Morgan fingerprint density at radius 2 is 1.73 bits per heavy atom. The number of likely N-dealkylation sites (tertiary alicyclic amines) is 2. The molecule has 2 aromatic rings. The van der Waals surface area contributed by atoms with Crippen LogP contribution in [0.15, 0.2) is 30.6 Å². The van der Waals surface area contributed by atoms with Gasteiger partial charge in [-0.25, -0.2) is 9.97 Å². The van der Waals surface area contributed by atoms with Crippen LogP contribution in [-0.4, -0.2) is 52.4 Å². The van der Waals surface area contributed by atoms with E-state index in [1.54, 1.807) is 0 Å². The number of fused-ring (bicyclic) bond motifs is 1. The maximum Gasteiger partial charge on any atom is 0.257 e. The first-order valence-electron chi connectivity index (χ1n) is 9.30. The van der Waals surface area contributed by atoms with Gasteiger partial charge in [-0.1, -0.05) is 24.3 Å². The van der Waals surface area contributed by atoms with Crippen molar-refractivity contribution in [2.24, 2.45) is 11.8 Å². The number of nitrogens with zero attached hydrogens (tertiary/aromatic N) is 4. The van der Waals surface area contributed by atoms with Crippen LogP contribution in [0.5, 0.6) is 0 Å². The molecule has 1 amide bonds. The Morgan fingerprint density at radius 1 is 1.04 bits per heavy atom. The van der Waals surface area contributed by atoms with Crippen molar-refractivity contribution in [3.8, 4) is 0 Å². The van der Waals surface area contributed by atoms with Gasteiger partial charge >= 0.3 is 0 Å². The van der Waals surface area contributed by atoms with Crippen LogP contribution in [-0.2, 0) is 0 Å². The minimum atomic E-state index is 0.0844. The lowest BCUT2D eigenvalue weighted by Crippen LogP contribution is -2.34. The topological polar surface area (TPSA) is 49.3 Å². The lowest BCUT2D eigenvalue weighted by atomic mass is 9.88. The van der Waals surface area contributed by atoms with Crippen molar-refractivity contribution in [1.82, 2.24) is 19.8 Å². The largest absolute Gasteiger partial charge is 0.338 e. The van der Waals surface area contributed by atoms with Crippen LogP contribution < -0.4 is 0 Å². The Balaban J connectivity index is 1.60. The average Bonchev–Trinajstić information content (AvgIpc) is 3.12. The number of aryl methyl sites for hydroxylation is 3. The molecular weight excluding hydrogens is 324 g/mol. The van der Waals surface area contributed by atoms with Crippen LogP contribution in [0.4, 0.5) is 0 Å². The second-order valence-corrected chi connectivity index (χ2v) is 7.79. The highest BCUT2D eigenvalue weighted by molar-refractivity contribution is 5.96. The van der Waals surface area contributed by atoms with Gasteiger partial charge < -0.3 is 4.90 Å². The number of rotatable bonds is 2. The van der Waals surface area contributed by atoms with Gasteiger partial charge in [0.15, 0.2) is 0 Å². The highest BCUT2D eigenvalue weighted by atomic mass is 16.2. The maximum absolute atomic E-state index is 13.1. The van der Waals surface area contributed by atoms with E-state index in [1.165, 1.54) is 17.5 Å². The summed E-state index contributed by atoms with van der Waals surface area (Å²) < 4.78 is 0. The molecule has 5 heteroatoms. The van der Waals surface area contributed by atoms with Gasteiger partial charge in [0.2, 0.25) is 0 Å². The number of hydrogen-bond acceptors (Lipinski definition) is 4. The van der Waals surface area contributed by atoms with Crippen molar-refractivity contribution >= 4 is 5.91 Å². The predicted octanol–water partition coefficient (Wildman–Crippen LogP) is 2.78. The van der Waals surface area contributed by atoms with Crippen molar-refractivity contribution in [3.63, 3.8) is 0 Å². The van der Waals surface area contributed by atoms with Crippen molar-refractivity contribution in [2.75, 3.05) is 26.7 Å². The van der Waals surface area contributed by atoms with Crippen molar-refractivity contribution < 1.29 is 4.79 Å². The minimum absolute atomic E-state index is 0.0844. The second kappa shape index (κ2) is 6.47. The smallest absolute Gasteiger partial charge is 0.257 e. The molecule has 2 fully saturated rings. The van der Waals surface area contributed by atoms with E-state index >= 15 is 0 Å². The van der Waals surface area contributed by atoms with Crippen molar-refractivity contribution in [3.05, 3.63) is 58.7 Å². The molecule has 3 atom stereocenters. The summed E-state index contributed by atoms with van der Waals surface area (Å²) in [5, 5.41) is 0. The van der Waals surface area contributed by atoms with Crippen LogP contribution in [0.2, 0.25) is 0 Å². The summed E-state index contributed by atoms with van der Waals surface area (Å²) in [5.41, 5.74) is 4.94. The minimum Gasteiger partial charge on any atom is -0.338 e. The molecule has 0 saturated carbocycles. The number of benzene rings is 1. The molecule has 2 saturated heterocycles. The van der Waals surface area contributed by atoms with Crippen LogP contribution in [0, 0.1) is 32.6 Å². The molecule has 26 heavy (non-hydrogen) atoms. The summed E-state index contributed by atoms with van der Waals surface area (Å²) in [4.78, 5) is 26.1. The number of amides is 1. The van der Waals surface area contributed by atoms with E-state index in [4.69, 9.17) is 0 Å². The van der Waals surface area contributed by atoms with Crippen LogP contribution >= 0.6 is 0 Å². The van der Waals surface area contributed by atoms with Gasteiger partial charge in [0.1, 0.15) is 6.33 Å². The molecule has 1 aromatic heterocycles. The lowest BCUT2D eigenvalue weighted by molar-refractivity contribution is 0.0765. The first-order valence-corrected chi connectivity index (χ1v) is 9.30. The predicted molar refractivity (Wildman–Crippen MR) is 101 cm³/mol. The van der Waals surface area contributed by atoms with E-state index in [9.17, 15) is 4.79 Å². The molecule has 1 aromatic carbocycles.